The van der Waals surface area contributed by atoms with E-state index in [0.717, 1.165) is 19.0 Å². The highest BCUT2D eigenvalue weighted by atomic mass is 15.2. The first kappa shape index (κ1) is 13.9. The average Bonchev–Trinajstić information content (AvgIpc) is 2.51. The van der Waals surface area contributed by atoms with Gasteiger partial charge in [-0.1, -0.05) is 25.3 Å². The molecule has 2 aliphatic rings. The Labute approximate surface area is 123 Å². The summed E-state index contributed by atoms with van der Waals surface area (Å²) in [5, 5.41) is 3.77. The Morgan fingerprint density at radius 2 is 1.85 bits per heavy atom. The van der Waals surface area contributed by atoms with Crippen molar-refractivity contribution in [2.24, 2.45) is 5.92 Å². The molecule has 2 fully saturated rings. The average molecular weight is 272 g/mol. The van der Waals surface area contributed by atoms with E-state index in [4.69, 9.17) is 0 Å². The highest BCUT2D eigenvalue weighted by Gasteiger charge is 2.28. The lowest BCUT2D eigenvalue weighted by Crippen LogP contribution is -2.54. The zero-order valence-corrected chi connectivity index (χ0v) is 13.0. The summed E-state index contributed by atoms with van der Waals surface area (Å²) in [6.45, 7) is 7.88. The number of hydrogen-bond acceptors (Lipinski definition) is 2. The lowest BCUT2D eigenvalue weighted by Gasteiger charge is -2.40. The third kappa shape index (κ3) is 3.01. The standard InChI is InChI=1S/C18H28N2/c1-14-8-9-17(12-15(14)2)20-11-10-19-18(13-20)16-6-4-3-5-7-16/h8-9,12,16,18-19H,3-7,10-11,13H2,1-2H3. The number of aryl methyl sites for hydroxylation is 2. The van der Waals surface area contributed by atoms with Crippen molar-refractivity contribution in [2.75, 3.05) is 24.5 Å². The molecule has 2 heteroatoms. The van der Waals surface area contributed by atoms with Crippen LogP contribution in [-0.4, -0.2) is 25.7 Å². The Hall–Kier alpha value is -1.02. The van der Waals surface area contributed by atoms with Crippen molar-refractivity contribution in [3.63, 3.8) is 0 Å². The smallest absolute Gasteiger partial charge is 0.0370 e. The van der Waals surface area contributed by atoms with Gasteiger partial charge in [-0.25, -0.2) is 0 Å². The minimum absolute atomic E-state index is 0.700. The van der Waals surface area contributed by atoms with Crippen LogP contribution in [0.25, 0.3) is 0 Å². The summed E-state index contributed by atoms with van der Waals surface area (Å²) in [6, 6.07) is 7.62. The monoisotopic (exact) mass is 272 g/mol. The third-order valence-corrected chi connectivity index (χ3v) is 5.28. The lowest BCUT2D eigenvalue weighted by atomic mass is 9.83. The molecule has 1 aromatic carbocycles. The molecule has 1 aliphatic heterocycles. The van der Waals surface area contributed by atoms with E-state index in [2.05, 4.69) is 42.3 Å². The van der Waals surface area contributed by atoms with E-state index >= 15 is 0 Å². The van der Waals surface area contributed by atoms with Gasteiger partial charge in [-0.15, -0.1) is 0 Å². The molecule has 1 aromatic rings. The van der Waals surface area contributed by atoms with Crippen molar-refractivity contribution in [1.29, 1.82) is 0 Å². The number of hydrogen-bond donors (Lipinski definition) is 1. The fourth-order valence-electron chi connectivity index (χ4n) is 3.79. The molecule has 1 saturated carbocycles. The third-order valence-electron chi connectivity index (χ3n) is 5.28. The molecule has 0 bridgehead atoms. The molecule has 1 aliphatic carbocycles. The quantitative estimate of drug-likeness (QED) is 0.884. The molecular weight excluding hydrogens is 244 g/mol. The maximum atomic E-state index is 3.77. The molecule has 110 valence electrons. The van der Waals surface area contributed by atoms with Gasteiger partial charge in [0.05, 0.1) is 0 Å². The van der Waals surface area contributed by atoms with Crippen LogP contribution in [-0.2, 0) is 0 Å². The van der Waals surface area contributed by atoms with E-state index in [-0.39, 0.29) is 0 Å². The van der Waals surface area contributed by atoms with Crippen LogP contribution < -0.4 is 10.2 Å². The minimum atomic E-state index is 0.700. The number of anilines is 1. The second-order valence-electron chi connectivity index (χ2n) is 6.67. The summed E-state index contributed by atoms with van der Waals surface area (Å²) in [7, 11) is 0. The van der Waals surface area contributed by atoms with E-state index in [1.165, 1.54) is 55.5 Å². The molecule has 3 rings (SSSR count). The van der Waals surface area contributed by atoms with Crippen molar-refractivity contribution in [3.05, 3.63) is 29.3 Å². The van der Waals surface area contributed by atoms with Crippen LogP contribution in [0.15, 0.2) is 18.2 Å². The first-order chi connectivity index (χ1) is 9.74. The first-order valence-corrected chi connectivity index (χ1v) is 8.29. The summed E-state index contributed by atoms with van der Waals surface area (Å²) in [6.07, 6.45) is 7.18. The Kier molecular flexibility index (Phi) is 4.30. The molecule has 0 radical (unpaired) electrons. The molecular formula is C18H28N2. The van der Waals surface area contributed by atoms with Crippen LogP contribution in [0.4, 0.5) is 5.69 Å². The first-order valence-electron chi connectivity index (χ1n) is 8.29. The van der Waals surface area contributed by atoms with Gasteiger partial charge in [0.15, 0.2) is 0 Å². The van der Waals surface area contributed by atoms with Gasteiger partial charge < -0.3 is 10.2 Å². The molecule has 1 heterocycles. The fourth-order valence-corrected chi connectivity index (χ4v) is 3.79. The molecule has 1 atom stereocenters. The number of nitrogens with zero attached hydrogens (tertiary/aromatic N) is 1. The number of benzene rings is 1. The Bertz CT molecular complexity index is 449. The summed E-state index contributed by atoms with van der Waals surface area (Å²) >= 11 is 0. The van der Waals surface area contributed by atoms with Gasteiger partial charge in [0.1, 0.15) is 0 Å². The Balaban J connectivity index is 1.69. The number of piperazine rings is 1. The van der Waals surface area contributed by atoms with Crippen LogP contribution in [0, 0.1) is 19.8 Å². The van der Waals surface area contributed by atoms with Crippen LogP contribution in [0.3, 0.4) is 0 Å². The van der Waals surface area contributed by atoms with Gasteiger partial charge in [-0.2, -0.15) is 0 Å². The summed E-state index contributed by atoms with van der Waals surface area (Å²) < 4.78 is 0. The van der Waals surface area contributed by atoms with E-state index in [1.807, 2.05) is 0 Å². The van der Waals surface area contributed by atoms with Crippen molar-refractivity contribution in [2.45, 2.75) is 52.0 Å². The molecule has 2 nitrogen and oxygen atoms in total. The number of nitrogens with one attached hydrogen (secondary N) is 1. The van der Waals surface area contributed by atoms with Gasteiger partial charge >= 0.3 is 0 Å². The van der Waals surface area contributed by atoms with Crippen molar-refractivity contribution in [1.82, 2.24) is 5.32 Å². The molecule has 1 saturated heterocycles. The zero-order chi connectivity index (χ0) is 13.9. The predicted molar refractivity (Wildman–Crippen MR) is 86.5 cm³/mol. The molecule has 0 spiro atoms. The van der Waals surface area contributed by atoms with Crippen LogP contribution in [0.1, 0.15) is 43.2 Å². The van der Waals surface area contributed by atoms with Gasteiger partial charge in [0.25, 0.3) is 0 Å². The SMILES string of the molecule is Cc1ccc(N2CCNC(C3CCCCC3)C2)cc1C. The van der Waals surface area contributed by atoms with Crippen LogP contribution >= 0.6 is 0 Å². The van der Waals surface area contributed by atoms with Crippen molar-refractivity contribution < 1.29 is 0 Å². The second-order valence-corrected chi connectivity index (χ2v) is 6.67. The summed E-state index contributed by atoms with van der Waals surface area (Å²) in [5.41, 5.74) is 4.22. The van der Waals surface area contributed by atoms with E-state index < -0.39 is 0 Å². The molecule has 1 unspecified atom stereocenters. The van der Waals surface area contributed by atoms with Gasteiger partial charge in [-0.05, 0) is 55.9 Å². The molecule has 1 N–H and O–H groups in total. The van der Waals surface area contributed by atoms with Gasteiger partial charge in [0.2, 0.25) is 0 Å². The molecule has 20 heavy (non-hydrogen) atoms. The van der Waals surface area contributed by atoms with E-state index in [0.29, 0.717) is 6.04 Å². The summed E-state index contributed by atoms with van der Waals surface area (Å²) in [4.78, 5) is 2.59. The minimum Gasteiger partial charge on any atom is -0.369 e. The topological polar surface area (TPSA) is 15.3 Å². The highest BCUT2D eigenvalue weighted by Crippen LogP contribution is 2.29. The van der Waals surface area contributed by atoms with Gasteiger partial charge in [-0.3, -0.25) is 0 Å². The Morgan fingerprint density at radius 1 is 1.05 bits per heavy atom. The maximum absolute atomic E-state index is 3.77. The van der Waals surface area contributed by atoms with Crippen molar-refractivity contribution in [3.8, 4) is 0 Å². The molecule has 0 aromatic heterocycles. The fraction of sp³-hybridized carbons (Fsp3) is 0.667. The zero-order valence-electron chi connectivity index (χ0n) is 13.0. The van der Waals surface area contributed by atoms with Crippen LogP contribution in [0.5, 0.6) is 0 Å². The highest BCUT2D eigenvalue weighted by molar-refractivity contribution is 5.51. The van der Waals surface area contributed by atoms with E-state index in [9.17, 15) is 0 Å². The number of rotatable bonds is 2. The largest absolute Gasteiger partial charge is 0.369 e. The summed E-state index contributed by atoms with van der Waals surface area (Å²) in [5.74, 6) is 0.901. The van der Waals surface area contributed by atoms with Crippen molar-refractivity contribution >= 4 is 5.69 Å². The second kappa shape index (κ2) is 6.17. The predicted octanol–water partition coefficient (Wildman–Crippen LogP) is 3.66. The Morgan fingerprint density at radius 3 is 2.60 bits per heavy atom. The lowest BCUT2D eigenvalue weighted by molar-refractivity contribution is 0.257. The maximum Gasteiger partial charge on any atom is 0.0370 e. The normalized spacial score (nSPS) is 24.9. The molecule has 0 amide bonds. The van der Waals surface area contributed by atoms with Gasteiger partial charge in [0, 0.05) is 31.4 Å². The van der Waals surface area contributed by atoms with Crippen LogP contribution in [0.2, 0.25) is 0 Å². The van der Waals surface area contributed by atoms with E-state index in [1.54, 1.807) is 0 Å².